The van der Waals surface area contributed by atoms with Gasteiger partial charge in [-0.05, 0) is 83.5 Å². The Balaban J connectivity index is 1.75. The van der Waals surface area contributed by atoms with Gasteiger partial charge < -0.3 is 10.5 Å². The van der Waals surface area contributed by atoms with E-state index >= 15 is 4.39 Å². The average Bonchev–Trinajstić information content (AvgIpc) is 2.83. The Labute approximate surface area is 237 Å². The monoisotopic (exact) mass is 570 g/mol. The minimum Gasteiger partial charge on any atom is -0.618 e. The molecule has 0 saturated carbocycles. The van der Waals surface area contributed by atoms with Gasteiger partial charge in [0.25, 0.3) is 5.69 Å². The van der Waals surface area contributed by atoms with Crippen LogP contribution in [0.3, 0.4) is 0 Å². The lowest BCUT2D eigenvalue weighted by Gasteiger charge is -2.53. The maximum Gasteiger partial charge on any atom is 0.253 e. The van der Waals surface area contributed by atoms with Crippen LogP contribution in [-0.2, 0) is 0 Å². The van der Waals surface area contributed by atoms with Crippen LogP contribution in [0.2, 0.25) is 10.0 Å². The molecule has 2 aromatic carbocycles. The molecule has 0 amide bonds. The first-order valence-corrected chi connectivity index (χ1v) is 13.5. The van der Waals surface area contributed by atoms with E-state index in [4.69, 9.17) is 28.2 Å². The van der Waals surface area contributed by atoms with E-state index in [-0.39, 0.29) is 38.4 Å². The number of halogens is 4. The van der Waals surface area contributed by atoms with E-state index in [1.807, 2.05) is 0 Å². The Morgan fingerprint density at radius 1 is 0.974 bits per heavy atom. The van der Waals surface area contributed by atoms with Crippen LogP contribution in [0.25, 0.3) is 33.3 Å². The van der Waals surface area contributed by atoms with E-state index in [0.29, 0.717) is 32.6 Å². The molecular formula is C30H30Cl2F2N4O. The number of pyridine rings is 2. The molecular weight excluding hydrogens is 541 g/mol. The summed E-state index contributed by atoms with van der Waals surface area (Å²) in [6.07, 6.45) is 3.00. The predicted octanol–water partition coefficient (Wildman–Crippen LogP) is 7.85. The number of nitrogens with zero attached hydrogens (tertiary/aromatic N) is 3. The number of hydrogen-bond donors (Lipinski definition) is 1. The summed E-state index contributed by atoms with van der Waals surface area (Å²) in [6.45, 7) is 8.81. The van der Waals surface area contributed by atoms with Crippen LogP contribution in [0.5, 0.6) is 0 Å². The average molecular weight is 571 g/mol. The van der Waals surface area contributed by atoms with Gasteiger partial charge in [-0.2, -0.15) is 4.73 Å². The lowest BCUT2D eigenvalue weighted by Crippen LogP contribution is -2.61. The summed E-state index contributed by atoms with van der Waals surface area (Å²) in [4.78, 5) is 7.26. The summed E-state index contributed by atoms with van der Waals surface area (Å²) in [6, 6.07) is 11.8. The SMILES string of the molecule is CN1C(C)(C)CC(Nc2cc(-c3ccc(F)cc3F)c3cc[n+]([O-])c(-c4c(Cl)cccc4Cl)c3n2)CC1(C)C. The maximum absolute atomic E-state index is 15.1. The molecule has 0 radical (unpaired) electrons. The molecule has 0 unspecified atom stereocenters. The second-order valence-electron chi connectivity index (χ2n) is 11.5. The number of anilines is 1. The molecule has 204 valence electrons. The molecule has 5 nitrogen and oxygen atoms in total. The first-order chi connectivity index (χ1) is 18.3. The molecule has 0 spiro atoms. The highest BCUT2D eigenvalue weighted by molar-refractivity contribution is 6.39. The molecule has 1 aliphatic rings. The summed E-state index contributed by atoms with van der Waals surface area (Å²) in [5.41, 5.74) is 1.27. The molecule has 2 aromatic heterocycles. The van der Waals surface area contributed by atoms with Crippen LogP contribution < -0.4 is 10.0 Å². The molecule has 0 atom stereocenters. The molecule has 1 fully saturated rings. The van der Waals surface area contributed by atoms with Crippen molar-refractivity contribution in [1.82, 2.24) is 9.88 Å². The van der Waals surface area contributed by atoms with Crippen LogP contribution in [0, 0.1) is 16.8 Å². The van der Waals surface area contributed by atoms with Crippen LogP contribution in [0.15, 0.2) is 54.7 Å². The molecule has 1 N–H and O–H groups in total. The number of fused-ring (bicyclic) bond motifs is 1. The molecule has 0 aliphatic carbocycles. The minimum atomic E-state index is -0.716. The highest BCUT2D eigenvalue weighted by Gasteiger charge is 2.43. The molecule has 4 aromatic rings. The van der Waals surface area contributed by atoms with Gasteiger partial charge in [0.15, 0.2) is 6.20 Å². The second kappa shape index (κ2) is 9.88. The molecule has 5 rings (SSSR count). The van der Waals surface area contributed by atoms with Crippen LogP contribution in [-0.4, -0.2) is 34.1 Å². The van der Waals surface area contributed by atoms with Gasteiger partial charge in [0.1, 0.15) is 23.0 Å². The van der Waals surface area contributed by atoms with Crippen molar-refractivity contribution in [2.45, 2.75) is 57.7 Å². The van der Waals surface area contributed by atoms with E-state index in [0.717, 1.165) is 18.9 Å². The van der Waals surface area contributed by atoms with Crippen molar-refractivity contribution in [3.05, 3.63) is 81.6 Å². The van der Waals surface area contributed by atoms with Crippen molar-refractivity contribution >= 4 is 39.9 Å². The zero-order valence-electron chi connectivity index (χ0n) is 22.4. The second-order valence-corrected chi connectivity index (χ2v) is 12.3. The van der Waals surface area contributed by atoms with Crippen LogP contribution in [0.4, 0.5) is 14.6 Å². The maximum atomic E-state index is 15.1. The highest BCUT2D eigenvalue weighted by Crippen LogP contribution is 2.41. The zero-order valence-corrected chi connectivity index (χ0v) is 24.0. The van der Waals surface area contributed by atoms with Gasteiger partial charge >= 0.3 is 0 Å². The van der Waals surface area contributed by atoms with Crippen molar-refractivity contribution < 1.29 is 13.5 Å². The van der Waals surface area contributed by atoms with Gasteiger partial charge in [-0.15, -0.1) is 0 Å². The number of aromatic nitrogens is 2. The smallest absolute Gasteiger partial charge is 0.253 e. The van der Waals surface area contributed by atoms with E-state index in [1.165, 1.54) is 18.3 Å². The third-order valence-corrected chi connectivity index (χ3v) is 8.59. The van der Waals surface area contributed by atoms with Crippen LogP contribution >= 0.6 is 23.2 Å². The number of hydrogen-bond acceptors (Lipinski definition) is 4. The number of likely N-dealkylation sites (tertiary alicyclic amines) is 1. The normalized spacial score (nSPS) is 17.5. The van der Waals surface area contributed by atoms with Gasteiger partial charge in [0, 0.05) is 40.2 Å². The molecule has 0 bridgehead atoms. The molecule has 9 heteroatoms. The highest BCUT2D eigenvalue weighted by atomic mass is 35.5. The van der Waals surface area contributed by atoms with Gasteiger partial charge in [-0.1, -0.05) is 29.3 Å². The first-order valence-electron chi connectivity index (χ1n) is 12.8. The van der Waals surface area contributed by atoms with Crippen molar-refractivity contribution in [1.29, 1.82) is 0 Å². The van der Waals surface area contributed by atoms with Crippen molar-refractivity contribution in [2.75, 3.05) is 12.4 Å². The van der Waals surface area contributed by atoms with Crippen molar-refractivity contribution in [3.63, 3.8) is 0 Å². The van der Waals surface area contributed by atoms with E-state index < -0.39 is 11.6 Å². The first kappa shape index (κ1) is 27.6. The summed E-state index contributed by atoms with van der Waals surface area (Å²) in [7, 11) is 2.13. The van der Waals surface area contributed by atoms with Gasteiger partial charge in [0.2, 0.25) is 0 Å². The quantitative estimate of drug-likeness (QED) is 0.200. The number of rotatable bonds is 4. The van der Waals surface area contributed by atoms with E-state index in [2.05, 4.69) is 45.0 Å². The standard InChI is InChI=1S/C30H30Cl2F2N4O/c1-29(2)15-18(16-30(3,4)37(29)5)35-25-14-21(19-10-9-17(33)13-24(19)34)20-11-12-38(39)28(27(20)36-25)26-22(31)7-6-8-23(26)32/h6-14,18H,15-16H2,1-5H3,(H,35,36). The number of benzene rings is 2. The topological polar surface area (TPSA) is 55.1 Å². The minimum absolute atomic E-state index is 0.0532. The molecule has 1 aliphatic heterocycles. The predicted molar refractivity (Wildman–Crippen MR) is 154 cm³/mol. The summed E-state index contributed by atoms with van der Waals surface area (Å²) in [5, 5.41) is 17.9. The molecule has 1 saturated heterocycles. The van der Waals surface area contributed by atoms with Crippen LogP contribution in [0.1, 0.15) is 40.5 Å². The van der Waals surface area contributed by atoms with Gasteiger partial charge in [-0.3, -0.25) is 4.90 Å². The number of piperidine rings is 1. The van der Waals surface area contributed by atoms with Gasteiger partial charge in [-0.25, -0.2) is 13.8 Å². The lowest BCUT2D eigenvalue weighted by molar-refractivity contribution is -0.592. The Morgan fingerprint density at radius 2 is 1.62 bits per heavy atom. The fourth-order valence-electron chi connectivity index (χ4n) is 5.87. The largest absolute Gasteiger partial charge is 0.618 e. The Morgan fingerprint density at radius 3 is 2.23 bits per heavy atom. The Kier molecular flexibility index (Phi) is 6.98. The third-order valence-electron chi connectivity index (χ3n) is 7.96. The summed E-state index contributed by atoms with van der Waals surface area (Å²) in [5.74, 6) is -0.922. The van der Waals surface area contributed by atoms with Crippen molar-refractivity contribution in [2.24, 2.45) is 0 Å². The number of nitrogens with one attached hydrogen (secondary N) is 1. The van der Waals surface area contributed by atoms with E-state index in [9.17, 15) is 9.60 Å². The van der Waals surface area contributed by atoms with E-state index in [1.54, 1.807) is 30.3 Å². The molecule has 3 heterocycles. The fourth-order valence-corrected chi connectivity index (χ4v) is 6.44. The fraction of sp³-hybridized carbons (Fsp3) is 0.333. The lowest BCUT2D eigenvalue weighted by atomic mass is 9.77. The summed E-state index contributed by atoms with van der Waals surface area (Å²) < 4.78 is 29.6. The van der Waals surface area contributed by atoms with Gasteiger partial charge in [0.05, 0.1) is 15.6 Å². The Hall–Kier alpha value is -3.00. The summed E-state index contributed by atoms with van der Waals surface area (Å²) >= 11 is 13.0. The molecule has 39 heavy (non-hydrogen) atoms. The van der Waals surface area contributed by atoms with Crippen molar-refractivity contribution in [3.8, 4) is 22.4 Å². The third kappa shape index (κ3) is 5.04. The zero-order chi connectivity index (χ0) is 28.3. The Bertz CT molecular complexity index is 1550.